The second-order valence-corrected chi connectivity index (χ2v) is 7.35. The van der Waals surface area contributed by atoms with E-state index < -0.39 is 0 Å². The zero-order valence-corrected chi connectivity index (χ0v) is 14.1. The lowest BCUT2D eigenvalue weighted by Gasteiger charge is -2.23. The van der Waals surface area contributed by atoms with Crippen LogP contribution in [0.15, 0.2) is 47.4 Å². The van der Waals surface area contributed by atoms with Gasteiger partial charge in [0.2, 0.25) is 0 Å². The van der Waals surface area contributed by atoms with Crippen molar-refractivity contribution in [2.45, 2.75) is 29.0 Å². The number of hydrogen-bond acceptors (Lipinski definition) is 2. The fraction of sp³-hybridized carbons (Fsp3) is 0.294. The van der Waals surface area contributed by atoms with E-state index in [0.29, 0.717) is 21.3 Å². The zero-order valence-electron chi connectivity index (χ0n) is 11.8. The highest BCUT2D eigenvalue weighted by Gasteiger charge is 2.29. The second-order valence-electron chi connectivity index (χ2n) is 5.28. The van der Waals surface area contributed by atoms with Gasteiger partial charge < -0.3 is 5.32 Å². The molecule has 1 nitrogen and oxygen atoms in total. The molecule has 0 fully saturated rings. The standard InChI is InChI=1S/C17H17Cl2NS/c1-20-14(9-12-6-4-7-13(18)17(12)19)16-10-11-5-2-3-8-15(11)21-16/h2-8,14,16,20H,9-10H2,1H3. The molecule has 3 rings (SSSR count). The van der Waals surface area contributed by atoms with Crippen LogP contribution in [0.3, 0.4) is 0 Å². The molecule has 4 heteroatoms. The molecular weight excluding hydrogens is 321 g/mol. The Morgan fingerprint density at radius 3 is 2.76 bits per heavy atom. The minimum absolute atomic E-state index is 0.373. The molecule has 1 aliphatic heterocycles. The summed E-state index contributed by atoms with van der Waals surface area (Å²) in [5.74, 6) is 0. The van der Waals surface area contributed by atoms with E-state index in [1.54, 1.807) is 0 Å². The molecule has 1 N–H and O–H groups in total. The monoisotopic (exact) mass is 337 g/mol. The van der Waals surface area contributed by atoms with E-state index in [0.717, 1.165) is 18.4 Å². The summed E-state index contributed by atoms with van der Waals surface area (Å²) in [4.78, 5) is 1.40. The smallest absolute Gasteiger partial charge is 0.0624 e. The van der Waals surface area contributed by atoms with E-state index in [4.69, 9.17) is 23.2 Å². The van der Waals surface area contributed by atoms with Crippen molar-refractivity contribution in [2.24, 2.45) is 0 Å². The van der Waals surface area contributed by atoms with E-state index in [1.807, 2.05) is 30.9 Å². The van der Waals surface area contributed by atoms with Gasteiger partial charge in [-0.3, -0.25) is 0 Å². The Morgan fingerprint density at radius 1 is 1.19 bits per heavy atom. The summed E-state index contributed by atoms with van der Waals surface area (Å²) < 4.78 is 0. The molecule has 0 saturated carbocycles. The van der Waals surface area contributed by atoms with Crippen LogP contribution in [0.5, 0.6) is 0 Å². The molecule has 0 aromatic heterocycles. The second kappa shape index (κ2) is 6.62. The van der Waals surface area contributed by atoms with Crippen LogP contribution >= 0.6 is 35.0 Å². The van der Waals surface area contributed by atoms with Gasteiger partial charge in [0.05, 0.1) is 10.0 Å². The molecule has 2 aromatic carbocycles. The molecule has 110 valence electrons. The normalized spacial score (nSPS) is 18.5. The molecule has 2 aromatic rings. The zero-order chi connectivity index (χ0) is 14.8. The largest absolute Gasteiger partial charge is 0.316 e. The van der Waals surface area contributed by atoms with Gasteiger partial charge in [-0.1, -0.05) is 53.5 Å². The van der Waals surface area contributed by atoms with Gasteiger partial charge in [0.1, 0.15) is 0 Å². The van der Waals surface area contributed by atoms with Crippen molar-refractivity contribution < 1.29 is 0 Å². The van der Waals surface area contributed by atoms with E-state index in [9.17, 15) is 0 Å². The number of thioether (sulfide) groups is 1. The highest BCUT2D eigenvalue weighted by molar-refractivity contribution is 8.00. The SMILES string of the molecule is CNC(Cc1cccc(Cl)c1Cl)C1Cc2ccccc2S1. The lowest BCUT2D eigenvalue weighted by Crippen LogP contribution is -2.37. The summed E-state index contributed by atoms with van der Waals surface area (Å²) in [6.07, 6.45) is 1.99. The first-order chi connectivity index (χ1) is 10.2. The molecule has 1 heterocycles. The van der Waals surface area contributed by atoms with Crippen LogP contribution < -0.4 is 5.32 Å². The van der Waals surface area contributed by atoms with E-state index in [2.05, 4.69) is 35.6 Å². The predicted octanol–water partition coefficient (Wildman–Crippen LogP) is 4.84. The summed E-state index contributed by atoms with van der Waals surface area (Å²) in [6, 6.07) is 14.9. The van der Waals surface area contributed by atoms with Crippen LogP contribution in [0.25, 0.3) is 0 Å². The number of benzene rings is 2. The number of hydrogen-bond donors (Lipinski definition) is 1. The number of halogens is 2. The van der Waals surface area contributed by atoms with Crippen molar-refractivity contribution in [3.8, 4) is 0 Å². The van der Waals surface area contributed by atoms with Gasteiger partial charge in [-0.2, -0.15) is 0 Å². The quantitative estimate of drug-likeness (QED) is 0.856. The number of fused-ring (bicyclic) bond motifs is 1. The minimum Gasteiger partial charge on any atom is -0.316 e. The van der Waals surface area contributed by atoms with Crippen molar-refractivity contribution in [2.75, 3.05) is 7.05 Å². The molecule has 1 aliphatic rings. The van der Waals surface area contributed by atoms with E-state index in [-0.39, 0.29) is 0 Å². The summed E-state index contributed by atoms with van der Waals surface area (Å²) in [7, 11) is 2.02. The molecule has 2 atom stereocenters. The average molecular weight is 338 g/mol. The Kier molecular flexibility index (Phi) is 4.80. The minimum atomic E-state index is 0.373. The third kappa shape index (κ3) is 3.24. The van der Waals surface area contributed by atoms with Crippen LogP contribution in [0.1, 0.15) is 11.1 Å². The first kappa shape index (κ1) is 15.2. The van der Waals surface area contributed by atoms with Crippen molar-refractivity contribution >= 4 is 35.0 Å². The molecule has 2 unspecified atom stereocenters. The Hall–Kier alpha value is -0.670. The molecule has 0 spiro atoms. The summed E-state index contributed by atoms with van der Waals surface area (Å²) >= 11 is 14.4. The van der Waals surface area contributed by atoms with Crippen LogP contribution in [-0.4, -0.2) is 18.3 Å². The maximum atomic E-state index is 6.32. The third-order valence-electron chi connectivity index (χ3n) is 3.96. The maximum absolute atomic E-state index is 6.32. The van der Waals surface area contributed by atoms with Gasteiger partial charge >= 0.3 is 0 Å². The van der Waals surface area contributed by atoms with Crippen LogP contribution in [-0.2, 0) is 12.8 Å². The van der Waals surface area contributed by atoms with Crippen LogP contribution in [0.2, 0.25) is 10.0 Å². The number of likely N-dealkylation sites (N-methyl/N-ethyl adjacent to an activating group) is 1. The van der Waals surface area contributed by atoms with Gasteiger partial charge in [-0.25, -0.2) is 0 Å². The average Bonchev–Trinajstić information content (AvgIpc) is 2.92. The Morgan fingerprint density at radius 2 is 2.00 bits per heavy atom. The van der Waals surface area contributed by atoms with Crippen LogP contribution in [0, 0.1) is 0 Å². The lowest BCUT2D eigenvalue weighted by atomic mass is 9.99. The van der Waals surface area contributed by atoms with Crippen LogP contribution in [0.4, 0.5) is 0 Å². The fourth-order valence-corrected chi connectivity index (χ4v) is 4.64. The summed E-state index contributed by atoms with van der Waals surface area (Å²) in [6.45, 7) is 0. The highest BCUT2D eigenvalue weighted by atomic mass is 35.5. The van der Waals surface area contributed by atoms with Gasteiger partial charge in [-0.05, 0) is 43.1 Å². The lowest BCUT2D eigenvalue weighted by molar-refractivity contribution is 0.537. The van der Waals surface area contributed by atoms with E-state index in [1.165, 1.54) is 10.5 Å². The van der Waals surface area contributed by atoms with E-state index >= 15 is 0 Å². The summed E-state index contributed by atoms with van der Waals surface area (Å²) in [5, 5.41) is 5.29. The van der Waals surface area contributed by atoms with Crippen molar-refractivity contribution in [3.05, 3.63) is 63.6 Å². The maximum Gasteiger partial charge on any atom is 0.0624 e. The Balaban J connectivity index is 1.77. The Bertz CT molecular complexity index is 619. The molecule has 0 amide bonds. The van der Waals surface area contributed by atoms with Crippen molar-refractivity contribution in [1.82, 2.24) is 5.32 Å². The molecule has 21 heavy (non-hydrogen) atoms. The highest BCUT2D eigenvalue weighted by Crippen LogP contribution is 2.39. The molecule has 0 saturated heterocycles. The molecular formula is C17H17Cl2NS. The van der Waals surface area contributed by atoms with Gasteiger partial charge in [0.15, 0.2) is 0 Å². The number of nitrogens with one attached hydrogen (secondary N) is 1. The first-order valence-corrected chi connectivity index (χ1v) is 8.67. The van der Waals surface area contributed by atoms with Crippen molar-refractivity contribution in [1.29, 1.82) is 0 Å². The Labute approximate surface area is 140 Å². The first-order valence-electron chi connectivity index (χ1n) is 7.03. The van der Waals surface area contributed by atoms with Gasteiger partial charge in [0, 0.05) is 16.2 Å². The third-order valence-corrected chi connectivity index (χ3v) is 6.27. The number of rotatable bonds is 4. The van der Waals surface area contributed by atoms with Crippen molar-refractivity contribution in [3.63, 3.8) is 0 Å². The molecule has 0 aliphatic carbocycles. The van der Waals surface area contributed by atoms with Gasteiger partial charge in [-0.15, -0.1) is 11.8 Å². The molecule has 0 bridgehead atoms. The predicted molar refractivity (Wildman–Crippen MR) is 92.8 cm³/mol. The fourth-order valence-electron chi connectivity index (χ4n) is 2.80. The van der Waals surface area contributed by atoms with Gasteiger partial charge in [0.25, 0.3) is 0 Å². The summed E-state index contributed by atoms with van der Waals surface area (Å²) in [5.41, 5.74) is 2.56. The molecule has 0 radical (unpaired) electrons. The topological polar surface area (TPSA) is 12.0 Å².